The largest absolute Gasteiger partial charge is 0.293 e. The van der Waals surface area contributed by atoms with Gasteiger partial charge in [-0.25, -0.2) is 0 Å². The minimum Gasteiger partial charge on any atom is -0.293 e. The topological polar surface area (TPSA) is 17.1 Å². The van der Waals surface area contributed by atoms with Gasteiger partial charge in [0.15, 0.2) is 5.78 Å². The number of hydrogen-bond donors (Lipinski definition) is 0. The highest BCUT2D eigenvalue weighted by Gasteiger charge is 2.36. The van der Waals surface area contributed by atoms with Gasteiger partial charge in [0.1, 0.15) is 0 Å². The van der Waals surface area contributed by atoms with Crippen LogP contribution >= 0.6 is 0 Å². The van der Waals surface area contributed by atoms with Gasteiger partial charge >= 0.3 is 0 Å². The summed E-state index contributed by atoms with van der Waals surface area (Å²) in [7, 11) is 0. The number of carbonyl (C=O) groups is 1. The highest BCUT2D eigenvalue weighted by atomic mass is 16.1. The second kappa shape index (κ2) is 8.21. The summed E-state index contributed by atoms with van der Waals surface area (Å²) in [6, 6.07) is 25.3. The van der Waals surface area contributed by atoms with E-state index in [2.05, 4.69) is 68.5 Å². The third-order valence-corrected chi connectivity index (χ3v) is 6.23. The summed E-state index contributed by atoms with van der Waals surface area (Å²) >= 11 is 0. The lowest BCUT2D eigenvalue weighted by Crippen LogP contribution is -2.19. The van der Waals surface area contributed by atoms with E-state index in [1.54, 1.807) is 0 Å². The molecule has 0 amide bonds. The molecule has 3 aromatic carbocycles. The van der Waals surface area contributed by atoms with E-state index in [1.165, 1.54) is 27.8 Å². The van der Waals surface area contributed by atoms with Crippen LogP contribution in [0.3, 0.4) is 0 Å². The molecule has 0 heterocycles. The number of carbonyl (C=O) groups excluding carboxylic acids is 1. The van der Waals surface area contributed by atoms with Crippen molar-refractivity contribution in [2.75, 3.05) is 0 Å². The van der Waals surface area contributed by atoms with E-state index in [0.717, 1.165) is 24.0 Å². The van der Waals surface area contributed by atoms with Gasteiger partial charge in [0.05, 0.1) is 0 Å². The Labute approximate surface area is 174 Å². The van der Waals surface area contributed by atoms with Crippen molar-refractivity contribution in [1.82, 2.24) is 0 Å². The third-order valence-electron chi connectivity index (χ3n) is 6.23. The Kier molecular flexibility index (Phi) is 5.49. The molecule has 1 aliphatic rings. The minimum absolute atomic E-state index is 0.125. The van der Waals surface area contributed by atoms with Crippen LogP contribution in [0.2, 0.25) is 0 Å². The number of Topliss-reactive ketones (excluding diaryl/α,β-unsaturated/α-hetero) is 1. The average molecular weight is 381 g/mol. The molecule has 1 nitrogen and oxygen atoms in total. The molecule has 0 N–H and O–H groups in total. The first-order valence-electron chi connectivity index (χ1n) is 10.5. The quantitative estimate of drug-likeness (QED) is 0.438. The van der Waals surface area contributed by atoms with Gasteiger partial charge in [-0.15, -0.1) is 0 Å². The van der Waals surface area contributed by atoms with Crippen molar-refractivity contribution in [2.45, 2.75) is 39.5 Å². The molecule has 0 saturated carbocycles. The van der Waals surface area contributed by atoms with Gasteiger partial charge in [0, 0.05) is 17.4 Å². The Bertz CT molecular complexity index is 1060. The first-order valence-corrected chi connectivity index (χ1v) is 10.5. The monoisotopic (exact) mass is 380 g/mol. The predicted octanol–water partition coefficient (Wildman–Crippen LogP) is 6.94. The second-order valence-corrected chi connectivity index (χ2v) is 8.13. The van der Waals surface area contributed by atoms with Gasteiger partial charge in [-0.05, 0) is 54.5 Å². The molecule has 146 valence electrons. The summed E-state index contributed by atoms with van der Waals surface area (Å²) in [5.74, 6) is 0.302. The van der Waals surface area contributed by atoms with Crippen molar-refractivity contribution in [1.29, 1.82) is 0 Å². The van der Waals surface area contributed by atoms with E-state index >= 15 is 0 Å². The first kappa shape index (κ1) is 19.4. The van der Waals surface area contributed by atoms with Crippen LogP contribution in [-0.4, -0.2) is 5.78 Å². The standard InChI is InChI=1S/C28H28O/c1-4-21-10-6-8-12-25(21)26-17-23(22-15-13-19(2)14-16-22)18-27(26)28(29)24-11-7-5-9-20(24)3/h5-16,18,26-27H,4,17H2,1-3H3. The fourth-order valence-corrected chi connectivity index (χ4v) is 4.56. The molecule has 0 radical (unpaired) electrons. The molecule has 1 aliphatic carbocycles. The van der Waals surface area contributed by atoms with Crippen molar-refractivity contribution in [2.24, 2.45) is 5.92 Å². The highest BCUT2D eigenvalue weighted by molar-refractivity contribution is 6.02. The smallest absolute Gasteiger partial charge is 0.170 e. The first-order chi connectivity index (χ1) is 14.1. The molecule has 0 fully saturated rings. The van der Waals surface area contributed by atoms with E-state index in [-0.39, 0.29) is 17.6 Å². The zero-order valence-electron chi connectivity index (χ0n) is 17.5. The minimum atomic E-state index is -0.125. The van der Waals surface area contributed by atoms with E-state index < -0.39 is 0 Å². The number of rotatable bonds is 5. The predicted molar refractivity (Wildman–Crippen MR) is 121 cm³/mol. The summed E-state index contributed by atoms with van der Waals surface area (Å²) in [4.78, 5) is 13.6. The van der Waals surface area contributed by atoms with E-state index in [4.69, 9.17) is 0 Å². The molecule has 4 rings (SSSR count). The second-order valence-electron chi connectivity index (χ2n) is 8.13. The molecular weight excluding hydrogens is 352 g/mol. The molecule has 29 heavy (non-hydrogen) atoms. The Morgan fingerprint density at radius 1 is 0.897 bits per heavy atom. The summed E-state index contributed by atoms with van der Waals surface area (Å²) in [5.41, 5.74) is 8.34. The lowest BCUT2D eigenvalue weighted by molar-refractivity contribution is 0.0934. The van der Waals surface area contributed by atoms with Crippen molar-refractivity contribution in [3.05, 3.63) is 112 Å². The molecule has 0 saturated heterocycles. The van der Waals surface area contributed by atoms with Crippen molar-refractivity contribution >= 4 is 11.4 Å². The molecule has 0 spiro atoms. The van der Waals surface area contributed by atoms with Crippen LogP contribution in [0.4, 0.5) is 0 Å². The number of hydrogen-bond acceptors (Lipinski definition) is 1. The number of allylic oxidation sites excluding steroid dienone is 2. The third kappa shape index (κ3) is 3.82. The van der Waals surface area contributed by atoms with Gasteiger partial charge in [0.25, 0.3) is 0 Å². The van der Waals surface area contributed by atoms with Crippen molar-refractivity contribution in [3.8, 4) is 0 Å². The number of aryl methyl sites for hydroxylation is 3. The molecule has 0 bridgehead atoms. The van der Waals surface area contributed by atoms with Crippen LogP contribution in [0, 0.1) is 19.8 Å². The highest BCUT2D eigenvalue weighted by Crippen LogP contribution is 2.45. The van der Waals surface area contributed by atoms with Crippen molar-refractivity contribution < 1.29 is 4.79 Å². The van der Waals surface area contributed by atoms with E-state index in [0.29, 0.717) is 0 Å². The average Bonchev–Trinajstić information content (AvgIpc) is 3.19. The number of ketones is 1. The van der Waals surface area contributed by atoms with Crippen LogP contribution in [0.25, 0.3) is 5.57 Å². The summed E-state index contributed by atoms with van der Waals surface area (Å²) in [5, 5.41) is 0. The van der Waals surface area contributed by atoms with Gasteiger partial charge in [-0.3, -0.25) is 4.79 Å². The van der Waals surface area contributed by atoms with Crippen LogP contribution in [0.15, 0.2) is 78.9 Å². The molecule has 1 heteroatoms. The zero-order valence-corrected chi connectivity index (χ0v) is 17.5. The molecular formula is C28H28O. The maximum absolute atomic E-state index is 13.6. The SMILES string of the molecule is CCc1ccccc1C1CC(c2ccc(C)cc2)=CC1C(=O)c1ccccc1C. The van der Waals surface area contributed by atoms with Crippen LogP contribution in [-0.2, 0) is 6.42 Å². The summed E-state index contributed by atoms with van der Waals surface area (Å²) in [6.07, 6.45) is 4.12. The van der Waals surface area contributed by atoms with Crippen LogP contribution in [0.1, 0.15) is 57.4 Å². The Balaban J connectivity index is 1.78. The van der Waals surface area contributed by atoms with Gasteiger partial charge in [0.2, 0.25) is 0 Å². The molecule has 3 aromatic rings. The maximum Gasteiger partial charge on any atom is 0.170 e. The van der Waals surface area contributed by atoms with Gasteiger partial charge in [-0.1, -0.05) is 91.4 Å². The van der Waals surface area contributed by atoms with E-state index in [1.807, 2.05) is 31.2 Å². The van der Waals surface area contributed by atoms with Crippen LogP contribution in [0.5, 0.6) is 0 Å². The van der Waals surface area contributed by atoms with Gasteiger partial charge in [-0.2, -0.15) is 0 Å². The Morgan fingerprint density at radius 2 is 1.59 bits per heavy atom. The Hall–Kier alpha value is -2.93. The fourth-order valence-electron chi connectivity index (χ4n) is 4.56. The lowest BCUT2D eigenvalue weighted by atomic mass is 9.80. The normalized spacial score (nSPS) is 18.5. The molecule has 2 atom stereocenters. The Morgan fingerprint density at radius 3 is 2.31 bits per heavy atom. The lowest BCUT2D eigenvalue weighted by Gasteiger charge is -2.22. The molecule has 2 unspecified atom stereocenters. The maximum atomic E-state index is 13.6. The van der Waals surface area contributed by atoms with Crippen LogP contribution < -0.4 is 0 Å². The van der Waals surface area contributed by atoms with Gasteiger partial charge < -0.3 is 0 Å². The molecule has 0 aliphatic heterocycles. The summed E-state index contributed by atoms with van der Waals surface area (Å²) in [6.45, 7) is 6.33. The fraction of sp³-hybridized carbons (Fsp3) is 0.250. The summed E-state index contributed by atoms with van der Waals surface area (Å²) < 4.78 is 0. The van der Waals surface area contributed by atoms with E-state index in [9.17, 15) is 4.79 Å². The zero-order chi connectivity index (χ0) is 20.4. The van der Waals surface area contributed by atoms with Crippen molar-refractivity contribution in [3.63, 3.8) is 0 Å². The number of benzene rings is 3. The molecule has 0 aromatic heterocycles.